The Morgan fingerprint density at radius 3 is 2.31 bits per heavy atom. The molecule has 0 amide bonds. The molecule has 0 atom stereocenters. The lowest BCUT2D eigenvalue weighted by Crippen LogP contribution is -2.21. The van der Waals surface area contributed by atoms with Gasteiger partial charge in [0.1, 0.15) is 11.6 Å². The number of carbonyl (C=O) groups is 1. The molecule has 0 spiro atoms. The van der Waals surface area contributed by atoms with Gasteiger partial charge in [0.2, 0.25) is 0 Å². The first kappa shape index (κ1) is 19.7. The third kappa shape index (κ3) is 4.14. The summed E-state index contributed by atoms with van der Waals surface area (Å²) in [5.74, 6) is 0.498. The molecule has 136 valence electrons. The van der Waals surface area contributed by atoms with E-state index in [1.165, 1.54) is 24.3 Å². The number of ketones is 1. The summed E-state index contributed by atoms with van der Waals surface area (Å²) in [5.41, 5.74) is 1.58. The number of benzene rings is 3. The fourth-order valence-corrected chi connectivity index (χ4v) is 2.94. The minimum Gasteiger partial charge on any atom is -0.496 e. The Labute approximate surface area is 158 Å². The lowest BCUT2D eigenvalue weighted by atomic mass is 10.1. The summed E-state index contributed by atoms with van der Waals surface area (Å²) in [6.07, 6.45) is 0.364. The molecule has 5 heteroatoms. The molecule has 26 heavy (non-hydrogen) atoms. The predicted molar refractivity (Wildman–Crippen MR) is 106 cm³/mol. The highest BCUT2D eigenvalue weighted by Crippen LogP contribution is 2.33. The number of hydrogen-bond donors (Lipinski definition) is 0. The minimum absolute atomic E-state index is 0. The SMILES string of the molecule is COc1ccc(N(C)CCC(=O)c2ccc(F)cc2)c2ccccc12.Cl. The number of carbonyl (C=O) groups excluding carboxylic acids is 1. The third-order valence-electron chi connectivity index (χ3n) is 4.33. The molecule has 0 bridgehead atoms. The lowest BCUT2D eigenvalue weighted by Gasteiger charge is -2.22. The van der Waals surface area contributed by atoms with Crippen LogP contribution in [0.2, 0.25) is 0 Å². The van der Waals surface area contributed by atoms with Crippen molar-refractivity contribution < 1.29 is 13.9 Å². The molecular weight excluding hydrogens is 353 g/mol. The van der Waals surface area contributed by atoms with Gasteiger partial charge in [0.15, 0.2) is 5.78 Å². The monoisotopic (exact) mass is 373 g/mol. The van der Waals surface area contributed by atoms with E-state index >= 15 is 0 Å². The van der Waals surface area contributed by atoms with Crippen LogP contribution in [-0.4, -0.2) is 26.5 Å². The van der Waals surface area contributed by atoms with Gasteiger partial charge in [-0.25, -0.2) is 4.39 Å². The fraction of sp³-hybridized carbons (Fsp3) is 0.190. The second-order valence-corrected chi connectivity index (χ2v) is 5.93. The van der Waals surface area contributed by atoms with Crippen LogP contribution >= 0.6 is 12.4 Å². The number of hydrogen-bond acceptors (Lipinski definition) is 3. The Bertz CT molecular complexity index is 896. The highest BCUT2D eigenvalue weighted by molar-refractivity contribution is 5.99. The summed E-state index contributed by atoms with van der Waals surface area (Å²) in [6, 6.07) is 17.7. The van der Waals surface area contributed by atoms with Crippen molar-refractivity contribution in [2.45, 2.75) is 6.42 Å². The molecule has 0 fully saturated rings. The van der Waals surface area contributed by atoms with Gasteiger partial charge in [-0.05, 0) is 36.4 Å². The van der Waals surface area contributed by atoms with Crippen molar-refractivity contribution in [3.63, 3.8) is 0 Å². The van der Waals surface area contributed by atoms with Gasteiger partial charge in [-0.1, -0.05) is 24.3 Å². The van der Waals surface area contributed by atoms with Gasteiger partial charge in [0.05, 0.1) is 7.11 Å². The number of halogens is 2. The minimum atomic E-state index is -0.335. The molecule has 0 aliphatic carbocycles. The van der Waals surface area contributed by atoms with E-state index in [4.69, 9.17) is 4.74 Å². The molecule has 3 aromatic carbocycles. The van der Waals surface area contributed by atoms with Crippen LogP contribution in [0.3, 0.4) is 0 Å². The van der Waals surface area contributed by atoms with Crippen LogP contribution in [0.5, 0.6) is 5.75 Å². The van der Waals surface area contributed by atoms with Gasteiger partial charge in [0.25, 0.3) is 0 Å². The summed E-state index contributed by atoms with van der Waals surface area (Å²) in [7, 11) is 3.62. The van der Waals surface area contributed by atoms with Gasteiger partial charge in [-0.3, -0.25) is 4.79 Å². The normalized spacial score (nSPS) is 10.3. The Hall–Kier alpha value is -2.59. The van der Waals surface area contributed by atoms with Crippen LogP contribution in [0.15, 0.2) is 60.7 Å². The number of Topliss-reactive ketones (excluding diaryl/α,β-unsaturated/α-hetero) is 1. The van der Waals surface area contributed by atoms with Crippen LogP contribution in [-0.2, 0) is 0 Å². The van der Waals surface area contributed by atoms with Crippen LogP contribution < -0.4 is 9.64 Å². The van der Waals surface area contributed by atoms with Crippen LogP contribution in [0, 0.1) is 5.82 Å². The molecule has 0 saturated carbocycles. The number of rotatable bonds is 6. The Balaban J connectivity index is 0.00000243. The number of anilines is 1. The van der Waals surface area contributed by atoms with Crippen LogP contribution in [0.4, 0.5) is 10.1 Å². The van der Waals surface area contributed by atoms with E-state index in [0.29, 0.717) is 18.5 Å². The second kappa shape index (κ2) is 8.68. The van der Waals surface area contributed by atoms with E-state index < -0.39 is 0 Å². The molecule has 3 nitrogen and oxygen atoms in total. The first-order chi connectivity index (χ1) is 12.1. The van der Waals surface area contributed by atoms with Crippen molar-refractivity contribution in [2.75, 3.05) is 25.6 Å². The Morgan fingerprint density at radius 2 is 1.65 bits per heavy atom. The zero-order valence-electron chi connectivity index (χ0n) is 14.7. The number of nitrogens with zero attached hydrogens (tertiary/aromatic N) is 1. The predicted octanol–water partition coefficient (Wildman–Crippen LogP) is 5.12. The van der Waals surface area contributed by atoms with Crippen molar-refractivity contribution in [1.29, 1.82) is 0 Å². The topological polar surface area (TPSA) is 29.5 Å². The molecular formula is C21H21ClFNO2. The van der Waals surface area contributed by atoms with Gasteiger partial charge >= 0.3 is 0 Å². The highest BCUT2D eigenvalue weighted by Gasteiger charge is 2.12. The summed E-state index contributed by atoms with van der Waals surface area (Å²) in [5, 5.41) is 2.12. The summed E-state index contributed by atoms with van der Waals surface area (Å²) in [6.45, 7) is 0.576. The van der Waals surface area contributed by atoms with E-state index in [0.717, 1.165) is 22.2 Å². The van der Waals surface area contributed by atoms with E-state index in [1.807, 2.05) is 43.4 Å². The standard InChI is InChI=1S/C21H20FNO2.ClH/c1-23(14-13-20(24)15-7-9-16(22)10-8-15)19-11-12-21(25-2)18-6-4-3-5-17(18)19;/h3-12H,13-14H2,1-2H3;1H. The average Bonchev–Trinajstić information content (AvgIpc) is 2.65. The van der Waals surface area contributed by atoms with Gasteiger partial charge in [-0.2, -0.15) is 0 Å². The average molecular weight is 374 g/mol. The first-order valence-electron chi connectivity index (χ1n) is 8.16. The van der Waals surface area contributed by atoms with Crippen LogP contribution in [0.25, 0.3) is 10.8 Å². The maximum Gasteiger partial charge on any atom is 0.164 e. The molecule has 0 radical (unpaired) electrons. The van der Waals surface area contributed by atoms with Crippen molar-refractivity contribution in [3.05, 3.63) is 72.0 Å². The molecule has 0 aliphatic rings. The summed E-state index contributed by atoms with van der Waals surface area (Å²) >= 11 is 0. The summed E-state index contributed by atoms with van der Waals surface area (Å²) < 4.78 is 18.4. The summed E-state index contributed by atoms with van der Waals surface area (Å²) in [4.78, 5) is 14.3. The smallest absolute Gasteiger partial charge is 0.164 e. The maximum absolute atomic E-state index is 13.0. The zero-order chi connectivity index (χ0) is 17.8. The molecule has 3 aromatic rings. The maximum atomic E-state index is 13.0. The van der Waals surface area contributed by atoms with Crippen molar-refractivity contribution >= 4 is 34.7 Å². The van der Waals surface area contributed by atoms with E-state index in [-0.39, 0.29) is 24.0 Å². The molecule has 0 saturated heterocycles. The highest BCUT2D eigenvalue weighted by atomic mass is 35.5. The molecule has 0 unspecified atom stereocenters. The van der Waals surface area contributed by atoms with Gasteiger partial charge < -0.3 is 9.64 Å². The Morgan fingerprint density at radius 1 is 1.00 bits per heavy atom. The Kier molecular flexibility index (Phi) is 6.58. The fourth-order valence-electron chi connectivity index (χ4n) is 2.94. The largest absolute Gasteiger partial charge is 0.496 e. The molecule has 0 aromatic heterocycles. The quantitative estimate of drug-likeness (QED) is 0.562. The second-order valence-electron chi connectivity index (χ2n) is 5.93. The van der Waals surface area contributed by atoms with Gasteiger partial charge in [0, 0.05) is 42.0 Å². The van der Waals surface area contributed by atoms with Crippen molar-refractivity contribution in [2.24, 2.45) is 0 Å². The molecule has 0 aliphatic heterocycles. The van der Waals surface area contributed by atoms with Crippen LogP contribution in [0.1, 0.15) is 16.8 Å². The van der Waals surface area contributed by atoms with E-state index in [1.54, 1.807) is 7.11 Å². The number of ether oxygens (including phenoxy) is 1. The van der Waals surface area contributed by atoms with Gasteiger partial charge in [-0.15, -0.1) is 12.4 Å². The van der Waals surface area contributed by atoms with Crippen molar-refractivity contribution in [3.8, 4) is 5.75 Å². The van der Waals surface area contributed by atoms with E-state index in [2.05, 4.69) is 4.90 Å². The zero-order valence-corrected chi connectivity index (χ0v) is 15.6. The number of methoxy groups -OCH3 is 1. The molecule has 0 heterocycles. The van der Waals surface area contributed by atoms with Crippen molar-refractivity contribution in [1.82, 2.24) is 0 Å². The lowest BCUT2D eigenvalue weighted by molar-refractivity contribution is 0.0985. The van der Waals surface area contributed by atoms with E-state index in [9.17, 15) is 9.18 Å². The molecule has 0 N–H and O–H groups in total. The number of fused-ring (bicyclic) bond motifs is 1. The molecule has 3 rings (SSSR count). The third-order valence-corrected chi connectivity index (χ3v) is 4.33. The first-order valence-corrected chi connectivity index (χ1v) is 8.16.